The van der Waals surface area contributed by atoms with Gasteiger partial charge in [0.25, 0.3) is 0 Å². The maximum Gasteiger partial charge on any atom is 0.122 e. The molecule has 5 nitrogen and oxygen atoms in total. The fraction of sp³-hybridized carbons (Fsp3) is 0.846. The first-order valence-corrected chi connectivity index (χ1v) is 6.50. The van der Waals surface area contributed by atoms with E-state index >= 15 is 0 Å². The molecule has 5 N–H and O–H groups in total. The van der Waals surface area contributed by atoms with Crippen molar-refractivity contribution in [2.24, 2.45) is 11.5 Å². The Morgan fingerprint density at radius 1 is 1.33 bits per heavy atom. The van der Waals surface area contributed by atoms with Gasteiger partial charge in [0.15, 0.2) is 0 Å². The number of hydroxylamine groups is 1. The first-order valence-electron chi connectivity index (χ1n) is 6.50. The van der Waals surface area contributed by atoms with Gasteiger partial charge in [0.05, 0.1) is 24.8 Å². The van der Waals surface area contributed by atoms with E-state index in [1.54, 1.807) is 0 Å². The molecule has 0 bridgehead atoms. The van der Waals surface area contributed by atoms with Gasteiger partial charge in [0.1, 0.15) is 6.23 Å². The molecule has 0 aliphatic carbocycles. The molecule has 5 heteroatoms. The summed E-state index contributed by atoms with van der Waals surface area (Å²) in [4.78, 5) is 5.38. The molecule has 0 aromatic heterocycles. The molecule has 0 aliphatic heterocycles. The predicted octanol–water partition coefficient (Wildman–Crippen LogP) is 0.737. The van der Waals surface area contributed by atoms with Gasteiger partial charge >= 0.3 is 0 Å². The molecule has 0 spiro atoms. The number of terminal acetylenes is 1. The Kier molecular flexibility index (Phi) is 9.93. The zero-order valence-corrected chi connectivity index (χ0v) is 11.7. The monoisotopic (exact) mass is 257 g/mol. The second kappa shape index (κ2) is 10.3. The predicted molar refractivity (Wildman–Crippen MR) is 73.4 cm³/mol. The van der Waals surface area contributed by atoms with Crippen LogP contribution < -0.4 is 16.9 Å². The van der Waals surface area contributed by atoms with E-state index in [1.165, 1.54) is 0 Å². The Labute approximate surface area is 111 Å². The smallest absolute Gasteiger partial charge is 0.122 e. The van der Waals surface area contributed by atoms with Crippen molar-refractivity contribution in [2.45, 2.75) is 64.4 Å². The summed E-state index contributed by atoms with van der Waals surface area (Å²) >= 11 is 0. The molecule has 0 fully saturated rings. The Hall–Kier alpha value is -0.640. The number of ether oxygens (including phenoxy) is 1. The number of hydrogen-bond acceptors (Lipinski definition) is 5. The van der Waals surface area contributed by atoms with Crippen LogP contribution in [0.25, 0.3) is 0 Å². The summed E-state index contributed by atoms with van der Waals surface area (Å²) in [6.45, 7) is 6.41. The van der Waals surface area contributed by atoms with Crippen LogP contribution >= 0.6 is 0 Å². The average Bonchev–Trinajstić information content (AvgIpc) is 2.33. The van der Waals surface area contributed by atoms with E-state index in [-0.39, 0.29) is 18.2 Å². The normalized spacial score (nSPS) is 16.3. The van der Waals surface area contributed by atoms with Gasteiger partial charge in [-0.05, 0) is 20.3 Å². The van der Waals surface area contributed by atoms with Crippen molar-refractivity contribution in [1.82, 2.24) is 5.48 Å². The highest BCUT2D eigenvalue weighted by Crippen LogP contribution is 2.06. The van der Waals surface area contributed by atoms with Crippen molar-refractivity contribution in [1.29, 1.82) is 0 Å². The van der Waals surface area contributed by atoms with E-state index in [1.807, 2.05) is 13.8 Å². The molecule has 106 valence electrons. The summed E-state index contributed by atoms with van der Waals surface area (Å²) < 4.78 is 5.39. The quantitative estimate of drug-likeness (QED) is 0.233. The molecule has 18 heavy (non-hydrogen) atoms. The van der Waals surface area contributed by atoms with E-state index in [2.05, 4.69) is 18.3 Å². The largest absolute Gasteiger partial charge is 0.361 e. The molecular formula is C13H27N3O2. The minimum absolute atomic E-state index is 0.0294. The second-order valence-corrected chi connectivity index (χ2v) is 4.55. The lowest BCUT2D eigenvalue weighted by atomic mass is 10.0. The molecule has 3 atom stereocenters. The van der Waals surface area contributed by atoms with Crippen molar-refractivity contribution < 1.29 is 9.57 Å². The van der Waals surface area contributed by atoms with Gasteiger partial charge in [-0.25, -0.2) is 0 Å². The van der Waals surface area contributed by atoms with Crippen LogP contribution in [0.15, 0.2) is 0 Å². The van der Waals surface area contributed by atoms with E-state index < -0.39 is 6.23 Å². The lowest BCUT2D eigenvalue weighted by molar-refractivity contribution is -0.0504. The summed E-state index contributed by atoms with van der Waals surface area (Å²) in [6.07, 6.45) is 7.10. The highest BCUT2D eigenvalue weighted by molar-refractivity contribution is 4.84. The van der Waals surface area contributed by atoms with Gasteiger partial charge in [-0.2, -0.15) is 5.48 Å². The van der Waals surface area contributed by atoms with Crippen LogP contribution in [-0.4, -0.2) is 31.0 Å². The number of nitrogens with two attached hydrogens (primary N) is 2. The van der Waals surface area contributed by atoms with E-state index in [0.29, 0.717) is 13.0 Å². The van der Waals surface area contributed by atoms with Crippen molar-refractivity contribution in [3.8, 4) is 12.3 Å². The number of nitrogens with one attached hydrogen (secondary N) is 1. The minimum Gasteiger partial charge on any atom is -0.361 e. The van der Waals surface area contributed by atoms with Crippen LogP contribution in [0, 0.1) is 12.3 Å². The van der Waals surface area contributed by atoms with Gasteiger partial charge in [-0.3, -0.25) is 4.84 Å². The topological polar surface area (TPSA) is 82.5 Å². The van der Waals surface area contributed by atoms with Crippen LogP contribution in [0.4, 0.5) is 0 Å². The summed E-state index contributed by atoms with van der Waals surface area (Å²) in [7, 11) is 0. The highest BCUT2D eigenvalue weighted by atomic mass is 16.7. The molecule has 0 aromatic carbocycles. The Morgan fingerprint density at radius 2 is 2.00 bits per heavy atom. The number of rotatable bonds is 10. The summed E-state index contributed by atoms with van der Waals surface area (Å²) in [5, 5.41) is 0. The van der Waals surface area contributed by atoms with Crippen molar-refractivity contribution in [3.63, 3.8) is 0 Å². The minimum atomic E-state index is -0.543. The van der Waals surface area contributed by atoms with Crippen molar-refractivity contribution in [2.75, 3.05) is 6.61 Å². The fourth-order valence-corrected chi connectivity index (χ4v) is 1.46. The first kappa shape index (κ1) is 17.4. The Balaban J connectivity index is 4.17. The Bertz CT molecular complexity index is 241. The third kappa shape index (κ3) is 7.64. The third-order valence-electron chi connectivity index (χ3n) is 2.46. The van der Waals surface area contributed by atoms with Crippen LogP contribution in [0.3, 0.4) is 0 Å². The third-order valence-corrected chi connectivity index (χ3v) is 2.46. The van der Waals surface area contributed by atoms with Crippen molar-refractivity contribution in [3.05, 3.63) is 0 Å². The molecule has 0 rings (SSSR count). The van der Waals surface area contributed by atoms with E-state index in [9.17, 15) is 0 Å². The molecule has 0 saturated carbocycles. The maximum absolute atomic E-state index is 6.07. The molecule has 0 aliphatic rings. The lowest BCUT2D eigenvalue weighted by Crippen LogP contribution is -2.56. The molecule has 0 radical (unpaired) electrons. The standard InChI is InChI=1S/C13H27N3O2/c1-5-7-9-17-13(15)12(14)11(8-6-2)16-18-10(3)4/h1,10-13,16H,6-9,14-15H2,2-4H3. The van der Waals surface area contributed by atoms with Gasteiger partial charge in [0, 0.05) is 6.42 Å². The molecule has 3 unspecified atom stereocenters. The molecular weight excluding hydrogens is 230 g/mol. The molecule has 0 heterocycles. The fourth-order valence-electron chi connectivity index (χ4n) is 1.46. The average molecular weight is 257 g/mol. The van der Waals surface area contributed by atoms with Gasteiger partial charge in [0.2, 0.25) is 0 Å². The number of hydrogen-bond donors (Lipinski definition) is 3. The zero-order valence-electron chi connectivity index (χ0n) is 11.7. The van der Waals surface area contributed by atoms with Gasteiger partial charge in [-0.15, -0.1) is 12.3 Å². The van der Waals surface area contributed by atoms with Gasteiger partial charge < -0.3 is 16.2 Å². The summed E-state index contributed by atoms with van der Waals surface area (Å²) in [6, 6.07) is -0.361. The van der Waals surface area contributed by atoms with Crippen LogP contribution in [-0.2, 0) is 9.57 Å². The second-order valence-electron chi connectivity index (χ2n) is 4.55. The lowest BCUT2D eigenvalue weighted by Gasteiger charge is -2.29. The zero-order chi connectivity index (χ0) is 14.0. The maximum atomic E-state index is 6.07. The summed E-state index contributed by atoms with van der Waals surface area (Å²) in [5.41, 5.74) is 14.9. The SMILES string of the molecule is C#CCCOC(N)C(N)C(CCC)NOC(C)C. The van der Waals surface area contributed by atoms with E-state index in [4.69, 9.17) is 27.5 Å². The van der Waals surface area contributed by atoms with Gasteiger partial charge in [-0.1, -0.05) is 13.3 Å². The highest BCUT2D eigenvalue weighted by Gasteiger charge is 2.24. The molecule has 0 aromatic rings. The molecule has 0 amide bonds. The molecule has 0 saturated heterocycles. The van der Waals surface area contributed by atoms with Crippen LogP contribution in [0.2, 0.25) is 0 Å². The first-order chi connectivity index (χ1) is 8.52. The van der Waals surface area contributed by atoms with Crippen molar-refractivity contribution >= 4 is 0 Å². The van der Waals surface area contributed by atoms with E-state index in [0.717, 1.165) is 12.8 Å². The van der Waals surface area contributed by atoms with Crippen LogP contribution in [0.5, 0.6) is 0 Å². The van der Waals surface area contributed by atoms with Crippen LogP contribution in [0.1, 0.15) is 40.0 Å². The Morgan fingerprint density at radius 3 is 2.50 bits per heavy atom. The summed E-state index contributed by atoms with van der Waals surface area (Å²) in [5.74, 6) is 2.49.